The van der Waals surface area contributed by atoms with Crippen LogP contribution in [-0.2, 0) is 0 Å². The molecule has 1 saturated heterocycles. The molecule has 2 aliphatic rings. The summed E-state index contributed by atoms with van der Waals surface area (Å²) < 4.78 is 0. The molecule has 2 rings (SSSR count). The van der Waals surface area contributed by atoms with Gasteiger partial charge >= 0.3 is 0 Å². The lowest BCUT2D eigenvalue weighted by atomic mass is 9.75. The van der Waals surface area contributed by atoms with E-state index in [0.29, 0.717) is 5.54 Å². The number of rotatable bonds is 5. The minimum absolute atomic E-state index is 0.476. The second-order valence-corrected chi connectivity index (χ2v) is 6.32. The molecule has 0 amide bonds. The predicted octanol–water partition coefficient (Wildman–Crippen LogP) is 1.54. The van der Waals surface area contributed by atoms with Crippen LogP contribution in [0.2, 0.25) is 0 Å². The van der Waals surface area contributed by atoms with Crippen molar-refractivity contribution in [3.05, 3.63) is 0 Å². The lowest BCUT2D eigenvalue weighted by Crippen LogP contribution is -2.58. The Hall–Kier alpha value is -0.120. The molecule has 0 aromatic carbocycles. The SMILES string of the molecule is CN(CC1CCCCN1)CC1(N(C)C)CCC1. The molecule has 3 nitrogen and oxygen atoms in total. The summed E-state index contributed by atoms with van der Waals surface area (Å²) in [6.45, 7) is 3.67. The second-order valence-electron chi connectivity index (χ2n) is 6.32. The molecule has 0 aromatic heterocycles. The van der Waals surface area contributed by atoms with Crippen LogP contribution in [0.4, 0.5) is 0 Å². The Labute approximate surface area is 107 Å². The summed E-state index contributed by atoms with van der Waals surface area (Å²) in [4.78, 5) is 4.99. The average Bonchev–Trinajstić information content (AvgIpc) is 2.24. The van der Waals surface area contributed by atoms with Gasteiger partial charge in [-0.05, 0) is 59.8 Å². The van der Waals surface area contributed by atoms with E-state index < -0.39 is 0 Å². The third-order valence-electron chi connectivity index (χ3n) is 4.74. The normalized spacial score (nSPS) is 28.4. The van der Waals surface area contributed by atoms with E-state index >= 15 is 0 Å². The van der Waals surface area contributed by atoms with Crippen molar-refractivity contribution in [1.29, 1.82) is 0 Å². The second kappa shape index (κ2) is 5.68. The van der Waals surface area contributed by atoms with Crippen molar-refractivity contribution in [2.75, 3.05) is 40.8 Å². The van der Waals surface area contributed by atoms with Crippen LogP contribution in [0, 0.1) is 0 Å². The Kier molecular flexibility index (Phi) is 4.45. The highest BCUT2D eigenvalue weighted by Gasteiger charge is 2.39. The zero-order valence-electron chi connectivity index (χ0n) is 11.8. The van der Waals surface area contributed by atoms with Gasteiger partial charge in [0.15, 0.2) is 0 Å². The highest BCUT2D eigenvalue weighted by Crippen LogP contribution is 2.36. The molecular weight excluding hydrogens is 210 g/mol. The van der Waals surface area contributed by atoms with Crippen LogP contribution in [0.5, 0.6) is 0 Å². The molecule has 1 saturated carbocycles. The van der Waals surface area contributed by atoms with E-state index in [2.05, 4.69) is 36.3 Å². The highest BCUT2D eigenvalue weighted by atomic mass is 15.2. The van der Waals surface area contributed by atoms with E-state index in [4.69, 9.17) is 0 Å². The fourth-order valence-electron chi connectivity index (χ4n) is 3.35. The lowest BCUT2D eigenvalue weighted by molar-refractivity contribution is 0.0249. The van der Waals surface area contributed by atoms with Gasteiger partial charge in [-0.3, -0.25) is 0 Å². The maximum atomic E-state index is 3.65. The first-order valence-corrected chi connectivity index (χ1v) is 7.22. The van der Waals surface area contributed by atoms with E-state index in [1.165, 1.54) is 58.2 Å². The molecule has 0 aromatic rings. The molecular formula is C14H29N3. The van der Waals surface area contributed by atoms with E-state index in [-0.39, 0.29) is 0 Å². The van der Waals surface area contributed by atoms with Gasteiger partial charge in [0, 0.05) is 24.7 Å². The quantitative estimate of drug-likeness (QED) is 0.785. The number of hydrogen-bond acceptors (Lipinski definition) is 3. The molecule has 2 fully saturated rings. The maximum absolute atomic E-state index is 3.65. The summed E-state index contributed by atoms with van der Waals surface area (Å²) in [5, 5.41) is 3.65. The van der Waals surface area contributed by atoms with Crippen molar-refractivity contribution >= 4 is 0 Å². The number of nitrogens with zero attached hydrogens (tertiary/aromatic N) is 2. The summed E-state index contributed by atoms with van der Waals surface area (Å²) in [7, 11) is 6.78. The van der Waals surface area contributed by atoms with Gasteiger partial charge in [0.1, 0.15) is 0 Å². The molecule has 100 valence electrons. The number of piperidine rings is 1. The summed E-state index contributed by atoms with van der Waals surface area (Å²) in [6, 6.07) is 0.730. The molecule has 0 radical (unpaired) electrons. The fourth-order valence-corrected chi connectivity index (χ4v) is 3.35. The van der Waals surface area contributed by atoms with Gasteiger partial charge in [0.05, 0.1) is 0 Å². The Morgan fingerprint density at radius 1 is 1.12 bits per heavy atom. The number of hydrogen-bond donors (Lipinski definition) is 1. The van der Waals surface area contributed by atoms with Crippen LogP contribution in [0.15, 0.2) is 0 Å². The molecule has 1 N–H and O–H groups in total. The van der Waals surface area contributed by atoms with Crippen LogP contribution < -0.4 is 5.32 Å². The summed E-state index contributed by atoms with van der Waals surface area (Å²) in [5.41, 5.74) is 0.476. The Balaban J connectivity index is 1.77. The molecule has 1 unspecified atom stereocenters. The lowest BCUT2D eigenvalue weighted by Gasteiger charge is -2.49. The van der Waals surface area contributed by atoms with E-state index in [9.17, 15) is 0 Å². The first-order chi connectivity index (χ1) is 8.12. The largest absolute Gasteiger partial charge is 0.313 e. The standard InChI is InChI=1S/C14H29N3/c1-16(2)14(8-6-9-14)12-17(3)11-13-7-4-5-10-15-13/h13,15H,4-12H2,1-3H3. The first-order valence-electron chi connectivity index (χ1n) is 7.22. The summed E-state index contributed by atoms with van der Waals surface area (Å²) in [5.74, 6) is 0. The van der Waals surface area contributed by atoms with Crippen LogP contribution in [0.1, 0.15) is 38.5 Å². The molecule has 0 bridgehead atoms. The van der Waals surface area contributed by atoms with Crippen LogP contribution in [0.3, 0.4) is 0 Å². The Bertz CT molecular complexity index is 230. The zero-order chi connectivity index (χ0) is 12.3. The molecule has 1 aliphatic carbocycles. The van der Waals surface area contributed by atoms with Gasteiger partial charge in [-0.1, -0.05) is 6.42 Å². The van der Waals surface area contributed by atoms with Gasteiger partial charge < -0.3 is 15.1 Å². The van der Waals surface area contributed by atoms with Gasteiger partial charge in [-0.15, -0.1) is 0 Å². The highest BCUT2D eigenvalue weighted by molar-refractivity contribution is 4.98. The van der Waals surface area contributed by atoms with Crippen LogP contribution >= 0.6 is 0 Å². The summed E-state index contributed by atoms with van der Waals surface area (Å²) >= 11 is 0. The predicted molar refractivity (Wildman–Crippen MR) is 73.4 cm³/mol. The topological polar surface area (TPSA) is 18.5 Å². The van der Waals surface area contributed by atoms with E-state index in [0.717, 1.165) is 6.04 Å². The van der Waals surface area contributed by atoms with Crippen molar-refractivity contribution in [3.63, 3.8) is 0 Å². The smallest absolute Gasteiger partial charge is 0.0330 e. The Morgan fingerprint density at radius 2 is 1.88 bits per heavy atom. The average molecular weight is 239 g/mol. The van der Waals surface area contributed by atoms with Crippen molar-refractivity contribution in [1.82, 2.24) is 15.1 Å². The van der Waals surface area contributed by atoms with Crippen molar-refractivity contribution in [2.45, 2.75) is 50.1 Å². The van der Waals surface area contributed by atoms with Gasteiger partial charge in [-0.2, -0.15) is 0 Å². The molecule has 3 heteroatoms. The van der Waals surface area contributed by atoms with Gasteiger partial charge in [0.25, 0.3) is 0 Å². The van der Waals surface area contributed by atoms with Gasteiger partial charge in [0.2, 0.25) is 0 Å². The van der Waals surface area contributed by atoms with E-state index in [1.807, 2.05) is 0 Å². The number of nitrogens with one attached hydrogen (secondary N) is 1. The van der Waals surface area contributed by atoms with Crippen molar-refractivity contribution in [3.8, 4) is 0 Å². The minimum atomic E-state index is 0.476. The van der Waals surface area contributed by atoms with Crippen molar-refractivity contribution < 1.29 is 0 Å². The Morgan fingerprint density at radius 3 is 2.35 bits per heavy atom. The molecule has 17 heavy (non-hydrogen) atoms. The first kappa shape index (κ1) is 13.3. The monoisotopic (exact) mass is 239 g/mol. The molecule has 0 spiro atoms. The van der Waals surface area contributed by atoms with Crippen LogP contribution in [-0.4, -0.2) is 62.2 Å². The maximum Gasteiger partial charge on any atom is 0.0330 e. The van der Waals surface area contributed by atoms with Crippen LogP contribution in [0.25, 0.3) is 0 Å². The summed E-state index contributed by atoms with van der Waals surface area (Å²) in [6.07, 6.45) is 8.30. The molecule has 1 heterocycles. The third-order valence-corrected chi connectivity index (χ3v) is 4.74. The van der Waals surface area contributed by atoms with Gasteiger partial charge in [-0.25, -0.2) is 0 Å². The van der Waals surface area contributed by atoms with E-state index in [1.54, 1.807) is 0 Å². The zero-order valence-corrected chi connectivity index (χ0v) is 11.8. The minimum Gasteiger partial charge on any atom is -0.313 e. The molecule has 1 atom stereocenters. The fraction of sp³-hybridized carbons (Fsp3) is 1.00. The number of likely N-dealkylation sites (N-methyl/N-ethyl adjacent to an activating group) is 2. The third kappa shape index (κ3) is 3.21. The molecule has 1 aliphatic heterocycles. The van der Waals surface area contributed by atoms with Crippen molar-refractivity contribution in [2.24, 2.45) is 0 Å².